The summed E-state index contributed by atoms with van der Waals surface area (Å²) in [4.78, 5) is 32.3. The molecule has 9 heteroatoms. The summed E-state index contributed by atoms with van der Waals surface area (Å²) in [5.41, 5.74) is 0.338. The van der Waals surface area contributed by atoms with Gasteiger partial charge in [-0.05, 0) is 30.3 Å². The summed E-state index contributed by atoms with van der Waals surface area (Å²) >= 11 is 0. The summed E-state index contributed by atoms with van der Waals surface area (Å²) < 4.78 is 10.2. The fourth-order valence-electron chi connectivity index (χ4n) is 1.81. The molecule has 0 heterocycles. The Balaban J connectivity index is 1.84. The molecule has 0 saturated heterocycles. The number of nitro groups is 1. The Morgan fingerprint density at radius 1 is 1.04 bits per heavy atom. The highest BCUT2D eigenvalue weighted by atomic mass is 16.6. The second-order valence-corrected chi connectivity index (χ2v) is 4.80. The van der Waals surface area contributed by atoms with Crippen molar-refractivity contribution >= 4 is 23.3 Å². The zero-order valence-corrected chi connectivity index (χ0v) is 12.9. The fourth-order valence-corrected chi connectivity index (χ4v) is 1.81. The highest BCUT2D eigenvalue weighted by Crippen LogP contribution is 2.19. The third-order valence-corrected chi connectivity index (χ3v) is 2.90. The number of benzene rings is 2. The first-order valence-electron chi connectivity index (χ1n) is 7.06. The number of non-ortho nitro benzene ring substituents is 1. The van der Waals surface area contributed by atoms with Crippen molar-refractivity contribution in [2.75, 3.05) is 18.5 Å². The minimum Gasteiger partial charge on any atom is -0.484 e. The maximum Gasteiger partial charge on any atom is 0.341 e. The van der Waals surface area contributed by atoms with E-state index in [1.807, 2.05) is 0 Å². The summed E-state index contributed by atoms with van der Waals surface area (Å²) in [6.45, 7) is -0.777. The third kappa shape index (κ3) is 5.82. The van der Waals surface area contributed by atoms with Crippen molar-refractivity contribution in [3.05, 3.63) is 58.6 Å². The van der Waals surface area contributed by atoms with Gasteiger partial charge in [0.05, 0.1) is 11.0 Å². The zero-order chi connectivity index (χ0) is 18.2. The van der Waals surface area contributed by atoms with E-state index in [0.717, 1.165) is 0 Å². The monoisotopic (exact) mass is 346 g/mol. The van der Waals surface area contributed by atoms with Crippen LogP contribution in [0.4, 0.5) is 11.4 Å². The number of ether oxygens (including phenoxy) is 2. The lowest BCUT2D eigenvalue weighted by Gasteiger charge is -2.08. The molecule has 9 nitrogen and oxygen atoms in total. The van der Waals surface area contributed by atoms with Crippen molar-refractivity contribution in [3.63, 3.8) is 0 Å². The Hall–Kier alpha value is -3.62. The first-order chi connectivity index (χ1) is 11.9. The van der Waals surface area contributed by atoms with Gasteiger partial charge in [-0.15, -0.1) is 0 Å². The van der Waals surface area contributed by atoms with Gasteiger partial charge in [0, 0.05) is 11.8 Å². The molecule has 25 heavy (non-hydrogen) atoms. The molecular weight excluding hydrogens is 332 g/mol. The summed E-state index contributed by atoms with van der Waals surface area (Å²) in [7, 11) is 0. The van der Waals surface area contributed by atoms with Crippen LogP contribution in [-0.4, -0.2) is 35.1 Å². The van der Waals surface area contributed by atoms with Gasteiger partial charge in [-0.1, -0.05) is 6.07 Å². The quantitative estimate of drug-likeness (QED) is 0.553. The van der Waals surface area contributed by atoms with E-state index in [-0.39, 0.29) is 18.0 Å². The van der Waals surface area contributed by atoms with Crippen molar-refractivity contribution < 1.29 is 29.1 Å². The average molecular weight is 346 g/mol. The van der Waals surface area contributed by atoms with Crippen LogP contribution in [0, 0.1) is 10.1 Å². The highest BCUT2D eigenvalue weighted by molar-refractivity contribution is 5.91. The smallest absolute Gasteiger partial charge is 0.341 e. The Labute approximate surface area is 141 Å². The number of carbonyl (C=O) groups is 2. The number of carboxylic acids is 1. The molecule has 2 aromatic carbocycles. The molecule has 1 amide bonds. The lowest BCUT2D eigenvalue weighted by molar-refractivity contribution is -0.384. The van der Waals surface area contributed by atoms with Crippen LogP contribution in [0.2, 0.25) is 0 Å². The number of anilines is 1. The van der Waals surface area contributed by atoms with E-state index in [0.29, 0.717) is 11.4 Å². The molecule has 2 rings (SSSR count). The van der Waals surface area contributed by atoms with E-state index >= 15 is 0 Å². The Morgan fingerprint density at radius 3 is 2.36 bits per heavy atom. The number of amides is 1. The van der Waals surface area contributed by atoms with Crippen LogP contribution in [0.3, 0.4) is 0 Å². The summed E-state index contributed by atoms with van der Waals surface area (Å²) in [5, 5.41) is 21.8. The predicted molar refractivity (Wildman–Crippen MR) is 86.8 cm³/mol. The van der Waals surface area contributed by atoms with Crippen molar-refractivity contribution in [1.29, 1.82) is 0 Å². The lowest BCUT2D eigenvalue weighted by atomic mass is 10.3. The SMILES string of the molecule is O=C(O)COc1ccc(NC(=O)COc2cccc([N+](=O)[O-])c2)cc1. The third-order valence-electron chi connectivity index (χ3n) is 2.90. The van der Waals surface area contributed by atoms with Crippen LogP contribution in [0.25, 0.3) is 0 Å². The van der Waals surface area contributed by atoms with Crippen LogP contribution < -0.4 is 14.8 Å². The minimum atomic E-state index is -1.09. The molecular formula is C16H14N2O7. The molecule has 0 unspecified atom stereocenters. The maximum atomic E-state index is 11.8. The van der Waals surface area contributed by atoms with E-state index in [9.17, 15) is 19.7 Å². The summed E-state index contributed by atoms with van der Waals surface area (Å²) in [6, 6.07) is 11.6. The number of rotatable bonds is 8. The molecule has 0 atom stereocenters. The van der Waals surface area contributed by atoms with Crippen molar-refractivity contribution in [3.8, 4) is 11.5 Å². The Morgan fingerprint density at radius 2 is 1.72 bits per heavy atom. The maximum absolute atomic E-state index is 11.8. The van der Waals surface area contributed by atoms with Crippen LogP contribution in [0.1, 0.15) is 0 Å². The molecule has 2 N–H and O–H groups in total. The molecule has 0 radical (unpaired) electrons. The second-order valence-electron chi connectivity index (χ2n) is 4.80. The van der Waals surface area contributed by atoms with Crippen LogP contribution in [0.5, 0.6) is 11.5 Å². The molecule has 0 aromatic heterocycles. The van der Waals surface area contributed by atoms with Gasteiger partial charge in [0.15, 0.2) is 13.2 Å². The number of nitrogens with one attached hydrogen (secondary N) is 1. The van der Waals surface area contributed by atoms with Gasteiger partial charge in [0.1, 0.15) is 11.5 Å². The number of carbonyl (C=O) groups excluding carboxylic acids is 1. The van der Waals surface area contributed by atoms with Gasteiger partial charge in [-0.2, -0.15) is 0 Å². The molecule has 0 spiro atoms. The molecule has 0 bridgehead atoms. The molecule has 0 saturated carbocycles. The lowest BCUT2D eigenvalue weighted by Crippen LogP contribution is -2.20. The standard InChI is InChI=1S/C16H14N2O7/c19-15(9-24-14-3-1-2-12(8-14)18(22)23)17-11-4-6-13(7-5-11)25-10-16(20)21/h1-8H,9-10H2,(H,17,19)(H,20,21). The normalized spacial score (nSPS) is 9.92. The largest absolute Gasteiger partial charge is 0.484 e. The first-order valence-corrected chi connectivity index (χ1v) is 7.06. The number of aliphatic carboxylic acids is 1. The number of carboxylic acid groups (broad SMARTS) is 1. The topological polar surface area (TPSA) is 128 Å². The van der Waals surface area contributed by atoms with E-state index in [2.05, 4.69) is 5.32 Å². The average Bonchev–Trinajstić information content (AvgIpc) is 2.59. The minimum absolute atomic E-state index is 0.130. The van der Waals surface area contributed by atoms with Gasteiger partial charge in [0.25, 0.3) is 11.6 Å². The van der Waals surface area contributed by atoms with Crippen molar-refractivity contribution in [2.45, 2.75) is 0 Å². The van der Waals surface area contributed by atoms with Gasteiger partial charge in [-0.25, -0.2) is 4.79 Å². The van der Waals surface area contributed by atoms with E-state index < -0.39 is 23.4 Å². The number of hydrogen-bond donors (Lipinski definition) is 2. The van der Waals surface area contributed by atoms with Gasteiger partial charge in [0.2, 0.25) is 0 Å². The summed E-state index contributed by atoms with van der Waals surface area (Å²) in [5.74, 6) is -0.976. The summed E-state index contributed by atoms with van der Waals surface area (Å²) in [6.07, 6.45) is 0. The van der Waals surface area contributed by atoms with Gasteiger partial charge >= 0.3 is 5.97 Å². The number of nitro benzene ring substituents is 1. The van der Waals surface area contributed by atoms with Gasteiger partial charge in [-0.3, -0.25) is 14.9 Å². The molecule has 2 aromatic rings. The predicted octanol–water partition coefficient (Wildman–Crippen LogP) is 2.08. The second kappa shape index (κ2) is 8.29. The van der Waals surface area contributed by atoms with E-state index in [1.54, 1.807) is 12.1 Å². The van der Waals surface area contributed by atoms with Gasteiger partial charge < -0.3 is 19.9 Å². The fraction of sp³-hybridized carbons (Fsp3) is 0.125. The van der Waals surface area contributed by atoms with Crippen LogP contribution in [0.15, 0.2) is 48.5 Å². The molecule has 0 aliphatic rings. The van der Waals surface area contributed by atoms with Crippen molar-refractivity contribution in [1.82, 2.24) is 0 Å². The zero-order valence-electron chi connectivity index (χ0n) is 12.9. The number of hydrogen-bond acceptors (Lipinski definition) is 6. The Kier molecular flexibility index (Phi) is 5.88. The number of nitrogens with zero attached hydrogens (tertiary/aromatic N) is 1. The molecule has 0 aliphatic carbocycles. The molecule has 0 aliphatic heterocycles. The Bertz CT molecular complexity index is 774. The first kappa shape index (κ1) is 17.7. The van der Waals surface area contributed by atoms with E-state index in [1.165, 1.54) is 36.4 Å². The van der Waals surface area contributed by atoms with Crippen LogP contribution >= 0.6 is 0 Å². The highest BCUT2D eigenvalue weighted by Gasteiger charge is 2.08. The molecule has 0 fully saturated rings. The van der Waals surface area contributed by atoms with E-state index in [4.69, 9.17) is 14.6 Å². The molecule has 130 valence electrons. The van der Waals surface area contributed by atoms with Crippen LogP contribution in [-0.2, 0) is 9.59 Å². The van der Waals surface area contributed by atoms with Crippen molar-refractivity contribution in [2.24, 2.45) is 0 Å².